The zero-order valence-corrected chi connectivity index (χ0v) is 23.2. The summed E-state index contributed by atoms with van der Waals surface area (Å²) in [5.41, 5.74) is 3.90. The summed E-state index contributed by atoms with van der Waals surface area (Å²) in [6.45, 7) is 6.57. The fourth-order valence-corrected chi connectivity index (χ4v) is 6.89. The molecular formula is C31H35N5O4. The van der Waals surface area contributed by atoms with Crippen LogP contribution in [0.15, 0.2) is 48.5 Å². The predicted octanol–water partition coefficient (Wildman–Crippen LogP) is 3.45. The van der Waals surface area contributed by atoms with Gasteiger partial charge in [0.1, 0.15) is 17.7 Å². The normalized spacial score (nSPS) is 24.6. The third kappa shape index (κ3) is 4.50. The Morgan fingerprint density at radius 2 is 1.75 bits per heavy atom. The Bertz CT molecular complexity index is 1350. The number of fused-ring (bicyclic) bond motifs is 5. The average Bonchev–Trinajstić information content (AvgIpc) is 3.68. The molecule has 6 rings (SSSR count). The second-order valence-electron chi connectivity index (χ2n) is 12.2. The van der Waals surface area contributed by atoms with Gasteiger partial charge in [-0.3, -0.25) is 14.5 Å². The van der Waals surface area contributed by atoms with E-state index in [1.807, 2.05) is 34.1 Å². The number of benzene rings is 2. The van der Waals surface area contributed by atoms with Gasteiger partial charge in [-0.1, -0.05) is 48.5 Å². The summed E-state index contributed by atoms with van der Waals surface area (Å²) in [6.07, 6.45) is 1.36. The van der Waals surface area contributed by atoms with Crippen LogP contribution in [0.4, 0.5) is 4.79 Å². The lowest BCUT2D eigenvalue weighted by atomic mass is 10.0. The van der Waals surface area contributed by atoms with Gasteiger partial charge in [-0.25, -0.2) is 4.79 Å². The van der Waals surface area contributed by atoms with Crippen LogP contribution < -0.4 is 5.32 Å². The molecule has 2 aromatic carbocycles. The second kappa shape index (κ2) is 9.93. The van der Waals surface area contributed by atoms with E-state index in [2.05, 4.69) is 35.7 Å². The minimum Gasteiger partial charge on any atom is -0.444 e. The Morgan fingerprint density at radius 1 is 1.10 bits per heavy atom. The van der Waals surface area contributed by atoms with Crippen LogP contribution >= 0.6 is 0 Å². The number of amides is 3. The molecular weight excluding hydrogens is 506 g/mol. The zero-order chi connectivity index (χ0) is 28.2. The van der Waals surface area contributed by atoms with E-state index in [1.165, 1.54) is 11.1 Å². The van der Waals surface area contributed by atoms with Crippen molar-refractivity contribution in [3.63, 3.8) is 0 Å². The summed E-state index contributed by atoms with van der Waals surface area (Å²) < 4.78 is 5.45. The van der Waals surface area contributed by atoms with Gasteiger partial charge in [0.25, 0.3) is 0 Å². The molecule has 9 nitrogen and oxygen atoms in total. The van der Waals surface area contributed by atoms with Gasteiger partial charge in [-0.15, -0.1) is 0 Å². The van der Waals surface area contributed by atoms with Crippen molar-refractivity contribution in [1.82, 2.24) is 20.0 Å². The average molecular weight is 542 g/mol. The van der Waals surface area contributed by atoms with Crippen molar-refractivity contribution in [2.75, 3.05) is 19.6 Å². The van der Waals surface area contributed by atoms with Gasteiger partial charge in [0.05, 0.1) is 18.2 Å². The first-order valence-corrected chi connectivity index (χ1v) is 14.1. The van der Waals surface area contributed by atoms with Crippen LogP contribution in [0.1, 0.15) is 57.2 Å². The number of nitrogens with zero attached hydrogens (tertiary/aromatic N) is 4. The molecule has 3 amide bonds. The van der Waals surface area contributed by atoms with Gasteiger partial charge in [-0.05, 0) is 62.3 Å². The number of carbonyl (C=O) groups excluding carboxylic acids is 3. The number of hydrogen-bond acceptors (Lipinski definition) is 6. The van der Waals surface area contributed by atoms with E-state index in [0.29, 0.717) is 25.9 Å². The summed E-state index contributed by atoms with van der Waals surface area (Å²) in [6, 6.07) is 16.8. The standard InChI is InChI=1S/C31H35N5O4/c1-31(2,3)40-30(39)33-25(28(37)35-14-8-9-19(35)16-32)18-34-17-20-15-26(34)29(38)36(20)27-23-12-6-4-10-21(23)22-11-5-7-13-24(22)27/h4-7,10-13,19-20,25-27H,8-9,14-15,17-18H2,1-3H3,(H,33,39)/t19-,20+,25-,26+/m0/s1. The molecule has 3 aliphatic heterocycles. The molecule has 0 radical (unpaired) electrons. The third-order valence-corrected chi connectivity index (χ3v) is 8.48. The summed E-state index contributed by atoms with van der Waals surface area (Å²) >= 11 is 0. The number of rotatable bonds is 5. The van der Waals surface area contributed by atoms with E-state index < -0.39 is 23.8 Å². The quantitative estimate of drug-likeness (QED) is 0.622. The fraction of sp³-hybridized carbons (Fsp3) is 0.484. The van der Waals surface area contributed by atoms with Crippen molar-refractivity contribution in [1.29, 1.82) is 5.26 Å². The van der Waals surface area contributed by atoms with E-state index >= 15 is 0 Å². The molecule has 0 aromatic heterocycles. The summed E-state index contributed by atoms with van der Waals surface area (Å²) in [5, 5.41) is 12.3. The largest absolute Gasteiger partial charge is 0.444 e. The topological polar surface area (TPSA) is 106 Å². The number of carbonyl (C=O) groups is 3. The van der Waals surface area contributed by atoms with Crippen LogP contribution in [0.25, 0.3) is 11.1 Å². The van der Waals surface area contributed by atoms with Gasteiger partial charge in [0.2, 0.25) is 11.8 Å². The molecule has 1 aliphatic carbocycles. The Labute approximate surface area is 234 Å². The lowest BCUT2D eigenvalue weighted by molar-refractivity contribution is -0.140. The van der Waals surface area contributed by atoms with Crippen molar-refractivity contribution < 1.29 is 19.1 Å². The lowest BCUT2D eigenvalue weighted by Gasteiger charge is -2.39. The molecule has 3 saturated heterocycles. The molecule has 4 aliphatic rings. The first-order valence-electron chi connectivity index (χ1n) is 14.1. The smallest absolute Gasteiger partial charge is 0.408 e. The predicted molar refractivity (Wildman–Crippen MR) is 148 cm³/mol. The molecule has 2 bridgehead atoms. The van der Waals surface area contributed by atoms with E-state index in [9.17, 15) is 19.6 Å². The fourth-order valence-electron chi connectivity index (χ4n) is 6.89. The molecule has 0 spiro atoms. The van der Waals surface area contributed by atoms with Crippen LogP contribution in [-0.2, 0) is 14.3 Å². The van der Waals surface area contributed by atoms with Crippen LogP contribution in [-0.4, -0.2) is 82.0 Å². The molecule has 3 fully saturated rings. The maximum Gasteiger partial charge on any atom is 0.408 e. The number of hydrogen-bond donors (Lipinski definition) is 1. The second-order valence-corrected chi connectivity index (χ2v) is 12.2. The Morgan fingerprint density at radius 3 is 2.35 bits per heavy atom. The minimum atomic E-state index is -0.919. The van der Waals surface area contributed by atoms with Gasteiger partial charge in [0.15, 0.2) is 0 Å². The van der Waals surface area contributed by atoms with Crippen LogP contribution in [0, 0.1) is 11.3 Å². The van der Waals surface area contributed by atoms with E-state index in [4.69, 9.17) is 4.74 Å². The SMILES string of the molecule is CC(C)(C)OC(=O)N[C@@H](CN1C[C@H]2C[C@@H]1C(=O)N2C1c2ccccc2-c2ccccc21)C(=O)N1CCC[C@H]1C#N. The lowest BCUT2D eigenvalue weighted by Crippen LogP contribution is -2.59. The van der Waals surface area contributed by atoms with E-state index in [-0.39, 0.29) is 36.5 Å². The van der Waals surface area contributed by atoms with Crippen LogP contribution in [0.3, 0.4) is 0 Å². The minimum absolute atomic E-state index is 0.00219. The van der Waals surface area contributed by atoms with Crippen molar-refractivity contribution >= 4 is 17.9 Å². The number of ether oxygens (including phenoxy) is 1. The Hall–Kier alpha value is -3.90. The van der Waals surface area contributed by atoms with Crippen molar-refractivity contribution in [3.8, 4) is 17.2 Å². The highest BCUT2D eigenvalue weighted by Crippen LogP contribution is 2.50. The molecule has 9 heteroatoms. The molecule has 0 saturated carbocycles. The molecule has 1 N–H and O–H groups in total. The van der Waals surface area contributed by atoms with Crippen molar-refractivity contribution in [2.24, 2.45) is 0 Å². The van der Waals surface area contributed by atoms with Gasteiger partial charge in [-0.2, -0.15) is 5.26 Å². The number of piperazine rings is 1. The molecule has 4 atom stereocenters. The Kier molecular flexibility index (Phi) is 6.54. The number of nitriles is 1. The third-order valence-electron chi connectivity index (χ3n) is 8.48. The van der Waals surface area contributed by atoms with E-state index in [1.54, 1.807) is 25.7 Å². The molecule has 40 heavy (non-hydrogen) atoms. The van der Waals surface area contributed by atoms with Crippen LogP contribution in [0.2, 0.25) is 0 Å². The summed E-state index contributed by atoms with van der Waals surface area (Å²) in [7, 11) is 0. The molecule has 3 heterocycles. The van der Waals surface area contributed by atoms with Gasteiger partial charge in [0, 0.05) is 25.7 Å². The van der Waals surface area contributed by atoms with Crippen molar-refractivity contribution in [3.05, 3.63) is 59.7 Å². The Balaban J connectivity index is 1.23. The van der Waals surface area contributed by atoms with Crippen molar-refractivity contribution in [2.45, 2.75) is 75.8 Å². The highest BCUT2D eigenvalue weighted by atomic mass is 16.6. The zero-order valence-electron chi connectivity index (χ0n) is 23.2. The van der Waals surface area contributed by atoms with Crippen LogP contribution in [0.5, 0.6) is 0 Å². The molecule has 208 valence electrons. The first kappa shape index (κ1) is 26.3. The van der Waals surface area contributed by atoms with E-state index in [0.717, 1.165) is 17.5 Å². The first-order chi connectivity index (χ1) is 19.2. The highest BCUT2D eigenvalue weighted by Gasteiger charge is 2.54. The maximum atomic E-state index is 13.9. The number of nitrogens with one attached hydrogen (secondary N) is 1. The number of likely N-dealkylation sites (tertiary alicyclic amines) is 3. The summed E-state index contributed by atoms with van der Waals surface area (Å²) in [5.74, 6) is -0.257. The van der Waals surface area contributed by atoms with Gasteiger partial charge >= 0.3 is 6.09 Å². The monoisotopic (exact) mass is 541 g/mol. The maximum absolute atomic E-state index is 13.9. The molecule has 0 unspecified atom stereocenters. The number of alkyl carbamates (subject to hydrolysis) is 1. The summed E-state index contributed by atoms with van der Waals surface area (Å²) in [4.78, 5) is 45.9. The highest BCUT2D eigenvalue weighted by molar-refractivity contribution is 5.90. The molecule has 2 aromatic rings. The van der Waals surface area contributed by atoms with Gasteiger partial charge < -0.3 is 19.9 Å².